The third kappa shape index (κ3) is 4.38. The van der Waals surface area contributed by atoms with Crippen molar-refractivity contribution in [2.45, 2.75) is 6.54 Å². The van der Waals surface area contributed by atoms with E-state index >= 15 is 0 Å². The van der Waals surface area contributed by atoms with Crippen molar-refractivity contribution in [3.63, 3.8) is 0 Å². The zero-order valence-corrected chi connectivity index (χ0v) is 15.6. The minimum Gasteiger partial charge on any atom is -0.363 e. The Labute approximate surface area is 156 Å². The number of thiophene rings is 1. The zero-order chi connectivity index (χ0) is 17.8. The third-order valence-corrected chi connectivity index (χ3v) is 5.06. The lowest BCUT2D eigenvalue weighted by atomic mass is 10.2. The van der Waals surface area contributed by atoms with Crippen LogP contribution < -0.4 is 10.2 Å². The molecule has 3 aromatic rings. The number of carbonyl (C=O) groups excluding carboxylic acids is 1. The van der Waals surface area contributed by atoms with Gasteiger partial charge in [0, 0.05) is 36.7 Å². The Morgan fingerprint density at radius 2 is 1.92 bits per heavy atom. The molecule has 128 valence electrons. The van der Waals surface area contributed by atoms with Gasteiger partial charge in [-0.05, 0) is 47.5 Å². The molecule has 4 nitrogen and oxygen atoms in total. The molecule has 0 aliphatic carbocycles. The van der Waals surface area contributed by atoms with Crippen molar-refractivity contribution in [2.75, 3.05) is 19.0 Å². The molecule has 0 spiro atoms. The number of pyridine rings is 1. The molecule has 0 fully saturated rings. The Kier molecular flexibility index (Phi) is 5.36. The van der Waals surface area contributed by atoms with Gasteiger partial charge in [-0.2, -0.15) is 0 Å². The monoisotopic (exact) mass is 371 g/mol. The molecule has 1 N–H and O–H groups in total. The van der Waals surface area contributed by atoms with Crippen molar-refractivity contribution in [3.8, 4) is 10.4 Å². The lowest BCUT2D eigenvalue weighted by Gasteiger charge is -2.12. The molecule has 25 heavy (non-hydrogen) atoms. The highest BCUT2D eigenvalue weighted by atomic mass is 35.5. The Bertz CT molecular complexity index is 874. The van der Waals surface area contributed by atoms with Crippen molar-refractivity contribution in [2.24, 2.45) is 0 Å². The van der Waals surface area contributed by atoms with E-state index in [2.05, 4.69) is 10.3 Å². The summed E-state index contributed by atoms with van der Waals surface area (Å²) in [4.78, 5) is 20.3. The molecule has 6 heteroatoms. The van der Waals surface area contributed by atoms with Crippen LogP contribution in [-0.4, -0.2) is 25.0 Å². The summed E-state index contributed by atoms with van der Waals surface area (Å²) in [5.41, 5.74) is 2.07. The maximum absolute atomic E-state index is 12.4. The topological polar surface area (TPSA) is 45.2 Å². The fourth-order valence-corrected chi connectivity index (χ4v) is 3.37. The molecule has 2 aromatic heterocycles. The van der Waals surface area contributed by atoms with E-state index < -0.39 is 0 Å². The predicted octanol–water partition coefficient (Wildman–Crippen LogP) is 4.46. The summed E-state index contributed by atoms with van der Waals surface area (Å²) in [6.45, 7) is 0.469. The Morgan fingerprint density at radius 3 is 2.64 bits per heavy atom. The van der Waals surface area contributed by atoms with E-state index in [0.29, 0.717) is 16.4 Å². The summed E-state index contributed by atoms with van der Waals surface area (Å²) >= 11 is 7.38. The smallest absolute Gasteiger partial charge is 0.261 e. The maximum atomic E-state index is 12.4. The molecular formula is C19H18ClN3OS. The number of aromatic nitrogens is 1. The molecular weight excluding hydrogens is 354 g/mol. The molecule has 0 saturated heterocycles. The van der Waals surface area contributed by atoms with Crippen molar-refractivity contribution in [3.05, 3.63) is 70.2 Å². The quantitative estimate of drug-likeness (QED) is 0.720. The van der Waals surface area contributed by atoms with Crippen LogP contribution in [0.2, 0.25) is 5.02 Å². The first-order valence-electron chi connectivity index (χ1n) is 7.79. The van der Waals surface area contributed by atoms with Crippen molar-refractivity contribution in [1.82, 2.24) is 10.3 Å². The summed E-state index contributed by atoms with van der Waals surface area (Å²) in [6.07, 6.45) is 1.75. The van der Waals surface area contributed by atoms with Crippen LogP contribution in [0.25, 0.3) is 10.4 Å². The normalized spacial score (nSPS) is 10.5. The Morgan fingerprint density at radius 1 is 1.16 bits per heavy atom. The van der Waals surface area contributed by atoms with Gasteiger partial charge in [0.25, 0.3) is 5.91 Å². The summed E-state index contributed by atoms with van der Waals surface area (Å²) in [6, 6.07) is 15.3. The Balaban J connectivity index is 1.66. The van der Waals surface area contributed by atoms with E-state index in [0.717, 1.165) is 21.8 Å². The first-order valence-corrected chi connectivity index (χ1v) is 8.98. The second-order valence-electron chi connectivity index (χ2n) is 5.77. The van der Waals surface area contributed by atoms with Crippen LogP contribution in [0, 0.1) is 0 Å². The molecule has 1 amide bonds. The van der Waals surface area contributed by atoms with Crippen LogP contribution in [0.15, 0.2) is 54.7 Å². The van der Waals surface area contributed by atoms with Crippen LogP contribution in [0.1, 0.15) is 15.2 Å². The lowest BCUT2D eigenvalue weighted by molar-refractivity contribution is 0.0955. The van der Waals surface area contributed by atoms with E-state index in [9.17, 15) is 4.79 Å². The highest BCUT2D eigenvalue weighted by Gasteiger charge is 2.10. The Hall–Kier alpha value is -2.37. The van der Waals surface area contributed by atoms with Gasteiger partial charge >= 0.3 is 0 Å². The van der Waals surface area contributed by atoms with Gasteiger partial charge in [0.2, 0.25) is 0 Å². The van der Waals surface area contributed by atoms with Crippen molar-refractivity contribution < 1.29 is 4.79 Å². The number of rotatable bonds is 5. The molecule has 0 aliphatic heterocycles. The van der Waals surface area contributed by atoms with Gasteiger partial charge in [-0.25, -0.2) is 4.98 Å². The van der Waals surface area contributed by atoms with Crippen molar-refractivity contribution >= 4 is 34.7 Å². The van der Waals surface area contributed by atoms with E-state index in [1.807, 2.05) is 67.5 Å². The predicted molar refractivity (Wildman–Crippen MR) is 104 cm³/mol. The van der Waals surface area contributed by atoms with Gasteiger partial charge < -0.3 is 10.2 Å². The third-order valence-electron chi connectivity index (χ3n) is 3.68. The number of nitrogens with one attached hydrogen (secondary N) is 1. The second kappa shape index (κ2) is 7.68. The van der Waals surface area contributed by atoms with Gasteiger partial charge in [-0.1, -0.05) is 23.7 Å². The fraction of sp³-hybridized carbons (Fsp3) is 0.158. The van der Waals surface area contributed by atoms with Gasteiger partial charge in [-0.15, -0.1) is 11.3 Å². The molecule has 0 aliphatic rings. The molecule has 2 heterocycles. The zero-order valence-electron chi connectivity index (χ0n) is 14.0. The molecule has 0 unspecified atom stereocenters. The second-order valence-corrected chi connectivity index (χ2v) is 7.29. The van der Waals surface area contributed by atoms with Gasteiger partial charge in [0.1, 0.15) is 5.82 Å². The number of carbonyl (C=O) groups is 1. The average molecular weight is 372 g/mol. The van der Waals surface area contributed by atoms with E-state index in [4.69, 9.17) is 11.6 Å². The van der Waals surface area contributed by atoms with Gasteiger partial charge in [0.05, 0.1) is 4.88 Å². The minimum absolute atomic E-state index is 0.0755. The molecule has 1 aromatic carbocycles. The SMILES string of the molecule is CN(C)c1cc(CNC(=O)c2ccc(-c3ccc(Cl)cc3)s2)ccn1. The number of anilines is 1. The summed E-state index contributed by atoms with van der Waals surface area (Å²) < 4.78 is 0. The number of hydrogen-bond acceptors (Lipinski definition) is 4. The lowest BCUT2D eigenvalue weighted by Crippen LogP contribution is -2.22. The largest absolute Gasteiger partial charge is 0.363 e. The highest BCUT2D eigenvalue weighted by Crippen LogP contribution is 2.29. The number of nitrogens with zero attached hydrogens (tertiary/aromatic N) is 2. The fourth-order valence-electron chi connectivity index (χ4n) is 2.31. The van der Waals surface area contributed by atoms with Crippen LogP contribution in [0.5, 0.6) is 0 Å². The van der Waals surface area contributed by atoms with Crippen LogP contribution in [-0.2, 0) is 6.54 Å². The molecule has 0 radical (unpaired) electrons. The maximum Gasteiger partial charge on any atom is 0.261 e. The van der Waals surface area contributed by atoms with Crippen molar-refractivity contribution in [1.29, 1.82) is 0 Å². The molecule has 0 atom stereocenters. The number of amides is 1. The highest BCUT2D eigenvalue weighted by molar-refractivity contribution is 7.17. The molecule has 0 saturated carbocycles. The average Bonchev–Trinajstić information content (AvgIpc) is 3.10. The van der Waals surface area contributed by atoms with Crippen LogP contribution in [0.4, 0.5) is 5.82 Å². The number of benzene rings is 1. The summed E-state index contributed by atoms with van der Waals surface area (Å²) in [5, 5.41) is 3.66. The van der Waals surface area contributed by atoms with Gasteiger partial charge in [-0.3, -0.25) is 4.79 Å². The summed E-state index contributed by atoms with van der Waals surface area (Å²) in [5.74, 6) is 0.793. The van der Waals surface area contributed by atoms with Crippen LogP contribution >= 0.6 is 22.9 Å². The summed E-state index contributed by atoms with van der Waals surface area (Å²) in [7, 11) is 3.88. The first kappa shape index (κ1) is 17.5. The molecule has 3 rings (SSSR count). The standard InChI is InChI=1S/C19H18ClN3OS/c1-23(2)18-11-13(9-10-21-18)12-22-19(24)17-8-7-16(25-17)14-3-5-15(20)6-4-14/h3-11H,12H2,1-2H3,(H,22,24). The van der Waals surface area contributed by atoms with E-state index in [1.165, 1.54) is 11.3 Å². The number of hydrogen-bond donors (Lipinski definition) is 1. The number of halogens is 1. The van der Waals surface area contributed by atoms with Gasteiger partial charge in [0.15, 0.2) is 0 Å². The van der Waals surface area contributed by atoms with Crippen LogP contribution in [0.3, 0.4) is 0 Å². The first-order chi connectivity index (χ1) is 12.0. The van der Waals surface area contributed by atoms with E-state index in [1.54, 1.807) is 6.20 Å². The minimum atomic E-state index is -0.0755. The molecule has 0 bridgehead atoms. The van der Waals surface area contributed by atoms with E-state index in [-0.39, 0.29) is 5.91 Å².